The molecule has 6 heteroatoms. The topological polar surface area (TPSA) is 68.0 Å². The summed E-state index contributed by atoms with van der Waals surface area (Å²) in [6.45, 7) is 0. The molecule has 0 radical (unpaired) electrons. The highest BCUT2D eigenvalue weighted by molar-refractivity contribution is 7.15. The quantitative estimate of drug-likeness (QED) is 0.893. The van der Waals surface area contributed by atoms with Crippen molar-refractivity contribution in [3.63, 3.8) is 0 Å². The number of rotatable bonds is 3. The number of benzene rings is 1. The van der Waals surface area contributed by atoms with E-state index in [1.807, 2.05) is 0 Å². The summed E-state index contributed by atoms with van der Waals surface area (Å²) < 4.78 is 0. The second-order valence-corrected chi connectivity index (χ2v) is 7.43. The van der Waals surface area contributed by atoms with Gasteiger partial charge in [-0.25, -0.2) is 4.98 Å². The Morgan fingerprint density at radius 1 is 1.30 bits per heavy atom. The first-order valence-electron chi connectivity index (χ1n) is 7.78. The number of anilines is 1. The largest absolute Gasteiger partial charge is 0.317 e. The van der Waals surface area contributed by atoms with E-state index in [0.717, 1.165) is 37.8 Å². The normalized spacial score (nSPS) is 21.0. The minimum Gasteiger partial charge on any atom is -0.317 e. The molecule has 1 atom stereocenters. The summed E-state index contributed by atoms with van der Waals surface area (Å²) in [6, 6.07) is 10.6. The molecule has 2 aromatic rings. The lowest BCUT2D eigenvalue weighted by Gasteiger charge is -2.21. The van der Waals surface area contributed by atoms with E-state index in [9.17, 15) is 4.79 Å². The second-order valence-electron chi connectivity index (χ2n) is 6.35. The molecule has 1 fully saturated rings. The van der Waals surface area contributed by atoms with Gasteiger partial charge in [0.05, 0.1) is 11.2 Å². The van der Waals surface area contributed by atoms with Crippen LogP contribution in [0.2, 0.25) is 0 Å². The number of thiazole rings is 1. The third-order valence-corrected chi connectivity index (χ3v) is 5.71. The molecule has 1 aromatic heterocycles. The van der Waals surface area contributed by atoms with Crippen LogP contribution in [0.5, 0.6) is 0 Å². The van der Waals surface area contributed by atoms with Gasteiger partial charge < -0.3 is 11.1 Å². The number of hydrogen-bond acceptors (Lipinski definition) is 4. The molecule has 4 rings (SSSR count). The van der Waals surface area contributed by atoms with E-state index in [2.05, 4.69) is 40.6 Å². The molecule has 122 valence electrons. The number of aryl methyl sites for hydroxylation is 1. The Kier molecular flexibility index (Phi) is 4.45. The SMILES string of the molecule is Cl.NC1(C(=O)Nc2nc3c(s2)CC(c2ccccc2)CC3)CC1. The van der Waals surface area contributed by atoms with E-state index >= 15 is 0 Å². The number of carbonyl (C=O) groups is 1. The Labute approximate surface area is 145 Å². The number of nitrogens with zero attached hydrogens (tertiary/aromatic N) is 1. The molecule has 1 amide bonds. The number of aromatic nitrogens is 1. The third-order valence-electron chi connectivity index (χ3n) is 4.67. The fourth-order valence-electron chi connectivity index (χ4n) is 3.02. The predicted molar refractivity (Wildman–Crippen MR) is 95.4 cm³/mol. The lowest BCUT2D eigenvalue weighted by atomic mass is 9.85. The van der Waals surface area contributed by atoms with Gasteiger partial charge in [-0.3, -0.25) is 4.79 Å². The fourth-order valence-corrected chi connectivity index (χ4v) is 4.10. The first-order chi connectivity index (χ1) is 10.6. The molecule has 0 spiro atoms. The van der Waals surface area contributed by atoms with Gasteiger partial charge in [-0.1, -0.05) is 30.3 Å². The van der Waals surface area contributed by atoms with Crippen molar-refractivity contribution in [2.45, 2.75) is 43.6 Å². The van der Waals surface area contributed by atoms with Crippen LogP contribution in [0.15, 0.2) is 30.3 Å². The molecule has 2 aliphatic rings. The van der Waals surface area contributed by atoms with Crippen LogP contribution in [-0.4, -0.2) is 16.4 Å². The second kappa shape index (κ2) is 6.23. The van der Waals surface area contributed by atoms with Gasteiger partial charge in [-0.15, -0.1) is 23.7 Å². The average molecular weight is 350 g/mol. The monoisotopic (exact) mass is 349 g/mol. The highest BCUT2D eigenvalue weighted by Gasteiger charge is 2.46. The van der Waals surface area contributed by atoms with Gasteiger partial charge in [0.2, 0.25) is 5.91 Å². The van der Waals surface area contributed by atoms with Crippen LogP contribution in [0.25, 0.3) is 0 Å². The Morgan fingerprint density at radius 3 is 2.74 bits per heavy atom. The number of carbonyl (C=O) groups excluding carboxylic acids is 1. The van der Waals surface area contributed by atoms with Crippen LogP contribution in [0.4, 0.5) is 5.13 Å². The maximum atomic E-state index is 12.0. The van der Waals surface area contributed by atoms with Crippen LogP contribution < -0.4 is 11.1 Å². The van der Waals surface area contributed by atoms with Crippen LogP contribution >= 0.6 is 23.7 Å². The van der Waals surface area contributed by atoms with E-state index in [4.69, 9.17) is 5.73 Å². The number of nitrogens with two attached hydrogens (primary N) is 1. The number of halogens is 1. The average Bonchev–Trinajstić information content (AvgIpc) is 3.16. The summed E-state index contributed by atoms with van der Waals surface area (Å²) in [5, 5.41) is 3.61. The van der Waals surface area contributed by atoms with Crippen molar-refractivity contribution >= 4 is 34.8 Å². The molecule has 4 nitrogen and oxygen atoms in total. The molecule has 1 heterocycles. The Balaban J connectivity index is 0.00000156. The molecule has 1 saturated carbocycles. The van der Waals surface area contributed by atoms with Gasteiger partial charge in [0.1, 0.15) is 0 Å². The summed E-state index contributed by atoms with van der Waals surface area (Å²) in [4.78, 5) is 17.9. The molecule has 23 heavy (non-hydrogen) atoms. The summed E-state index contributed by atoms with van der Waals surface area (Å²) in [5.41, 5.74) is 7.82. The molecular formula is C17H20ClN3OS. The smallest absolute Gasteiger partial charge is 0.246 e. The van der Waals surface area contributed by atoms with Crippen LogP contribution in [0.1, 0.15) is 41.3 Å². The first kappa shape index (κ1) is 16.4. The lowest BCUT2D eigenvalue weighted by Crippen LogP contribution is -2.37. The van der Waals surface area contributed by atoms with Gasteiger partial charge in [0, 0.05) is 4.88 Å². The maximum Gasteiger partial charge on any atom is 0.246 e. The molecular weight excluding hydrogens is 330 g/mol. The summed E-state index contributed by atoms with van der Waals surface area (Å²) in [7, 11) is 0. The fraction of sp³-hybridized carbons (Fsp3) is 0.412. The summed E-state index contributed by atoms with van der Waals surface area (Å²) in [6.07, 6.45) is 4.67. The van der Waals surface area contributed by atoms with Crippen molar-refractivity contribution < 1.29 is 4.79 Å². The molecule has 1 aromatic carbocycles. The standard InChI is InChI=1S/C17H19N3OS.ClH/c18-17(8-9-17)15(21)20-16-19-13-7-6-12(10-14(13)22-16)11-4-2-1-3-5-11;/h1-5,12H,6-10,18H2,(H,19,20,21);1H. The van der Waals surface area contributed by atoms with E-state index in [1.165, 1.54) is 10.4 Å². The zero-order valence-corrected chi connectivity index (χ0v) is 14.4. The van der Waals surface area contributed by atoms with Gasteiger partial charge in [0.25, 0.3) is 0 Å². The van der Waals surface area contributed by atoms with Gasteiger partial charge in [0.15, 0.2) is 5.13 Å². The highest BCUT2D eigenvalue weighted by atomic mass is 35.5. The number of fused-ring (bicyclic) bond motifs is 1. The molecule has 0 bridgehead atoms. The van der Waals surface area contributed by atoms with E-state index < -0.39 is 5.54 Å². The zero-order valence-electron chi connectivity index (χ0n) is 12.7. The van der Waals surface area contributed by atoms with Crippen molar-refractivity contribution in [2.24, 2.45) is 5.73 Å². The van der Waals surface area contributed by atoms with Gasteiger partial charge in [-0.05, 0) is 43.6 Å². The molecule has 0 aliphatic heterocycles. The molecule has 3 N–H and O–H groups in total. The van der Waals surface area contributed by atoms with Crippen molar-refractivity contribution in [3.05, 3.63) is 46.5 Å². The number of nitrogens with one attached hydrogen (secondary N) is 1. The Hall–Kier alpha value is -1.43. The van der Waals surface area contributed by atoms with Crippen LogP contribution in [0.3, 0.4) is 0 Å². The van der Waals surface area contributed by atoms with E-state index in [1.54, 1.807) is 11.3 Å². The van der Waals surface area contributed by atoms with Gasteiger partial charge >= 0.3 is 0 Å². The molecule has 2 aliphatic carbocycles. The maximum absolute atomic E-state index is 12.0. The zero-order chi connectivity index (χ0) is 15.2. The molecule has 1 unspecified atom stereocenters. The third kappa shape index (κ3) is 3.27. The molecule has 0 saturated heterocycles. The van der Waals surface area contributed by atoms with Crippen LogP contribution in [-0.2, 0) is 17.6 Å². The summed E-state index contributed by atoms with van der Waals surface area (Å²) in [5.74, 6) is 0.472. The Bertz CT molecular complexity index is 712. The highest BCUT2D eigenvalue weighted by Crippen LogP contribution is 2.38. The van der Waals surface area contributed by atoms with Crippen LogP contribution in [0, 0.1) is 0 Å². The van der Waals surface area contributed by atoms with Crippen molar-refractivity contribution in [1.29, 1.82) is 0 Å². The minimum atomic E-state index is -0.640. The van der Waals surface area contributed by atoms with Gasteiger partial charge in [-0.2, -0.15) is 0 Å². The van der Waals surface area contributed by atoms with Crippen molar-refractivity contribution in [3.8, 4) is 0 Å². The van der Waals surface area contributed by atoms with E-state index in [0.29, 0.717) is 11.0 Å². The van der Waals surface area contributed by atoms with E-state index in [-0.39, 0.29) is 18.3 Å². The minimum absolute atomic E-state index is 0. The number of hydrogen-bond donors (Lipinski definition) is 2. The first-order valence-corrected chi connectivity index (χ1v) is 8.59. The predicted octanol–water partition coefficient (Wildman–Crippen LogP) is 3.27. The van der Waals surface area contributed by atoms with Crippen molar-refractivity contribution in [1.82, 2.24) is 4.98 Å². The Morgan fingerprint density at radius 2 is 2.04 bits per heavy atom. The van der Waals surface area contributed by atoms with Crippen molar-refractivity contribution in [2.75, 3.05) is 5.32 Å². The summed E-state index contributed by atoms with van der Waals surface area (Å²) >= 11 is 1.61. The lowest BCUT2D eigenvalue weighted by molar-refractivity contribution is -0.118. The number of amides is 1.